The Balaban J connectivity index is 1.74. The molecule has 2 fully saturated rings. The minimum absolute atomic E-state index is 0.423. The molecule has 1 saturated carbocycles. The van der Waals surface area contributed by atoms with E-state index in [1.54, 1.807) is 11.3 Å². The van der Waals surface area contributed by atoms with E-state index in [0.717, 1.165) is 6.54 Å². The number of rotatable bonds is 4. The summed E-state index contributed by atoms with van der Waals surface area (Å²) < 4.78 is 0. The molecule has 1 spiro atoms. The molecule has 1 aliphatic carbocycles. The monoisotopic (exact) mass is 293 g/mol. The molecule has 20 heavy (non-hydrogen) atoms. The molecule has 1 saturated heterocycles. The molecule has 1 aliphatic heterocycles. The Labute approximate surface area is 126 Å². The van der Waals surface area contributed by atoms with Crippen LogP contribution in [0.25, 0.3) is 0 Å². The van der Waals surface area contributed by atoms with Gasteiger partial charge in [-0.25, -0.2) is 0 Å². The third kappa shape index (κ3) is 3.07. The molecule has 1 unspecified atom stereocenters. The Bertz CT molecular complexity index is 398. The molecule has 1 aromatic rings. The van der Waals surface area contributed by atoms with Gasteiger partial charge in [-0.3, -0.25) is 9.88 Å². The third-order valence-electron chi connectivity index (χ3n) is 5.08. The van der Waals surface area contributed by atoms with Gasteiger partial charge in [-0.2, -0.15) is 0 Å². The number of aromatic nitrogens is 1. The van der Waals surface area contributed by atoms with Crippen molar-refractivity contribution < 1.29 is 0 Å². The summed E-state index contributed by atoms with van der Waals surface area (Å²) >= 11 is 1.81. The van der Waals surface area contributed by atoms with E-state index in [1.165, 1.54) is 62.9 Å². The van der Waals surface area contributed by atoms with E-state index in [-0.39, 0.29) is 0 Å². The second kappa shape index (κ2) is 6.54. The van der Waals surface area contributed by atoms with Crippen molar-refractivity contribution in [3.8, 4) is 0 Å². The topological polar surface area (TPSA) is 28.2 Å². The summed E-state index contributed by atoms with van der Waals surface area (Å²) in [5.41, 5.74) is 2.39. The lowest BCUT2D eigenvalue weighted by molar-refractivity contribution is 0.00257. The molecule has 1 N–H and O–H groups in total. The van der Waals surface area contributed by atoms with Crippen molar-refractivity contribution in [2.45, 2.75) is 70.0 Å². The van der Waals surface area contributed by atoms with E-state index in [1.807, 2.05) is 5.51 Å². The van der Waals surface area contributed by atoms with Crippen LogP contribution in [-0.4, -0.2) is 34.6 Å². The zero-order chi connectivity index (χ0) is 13.8. The summed E-state index contributed by atoms with van der Waals surface area (Å²) in [4.78, 5) is 8.46. The normalized spacial score (nSPS) is 26.9. The molecule has 112 valence electrons. The highest BCUT2D eigenvalue weighted by Crippen LogP contribution is 2.37. The van der Waals surface area contributed by atoms with Gasteiger partial charge < -0.3 is 5.32 Å². The van der Waals surface area contributed by atoms with E-state index in [9.17, 15) is 0 Å². The van der Waals surface area contributed by atoms with Gasteiger partial charge in [-0.1, -0.05) is 32.6 Å². The van der Waals surface area contributed by atoms with Crippen LogP contribution >= 0.6 is 11.3 Å². The fraction of sp³-hybridized carbons (Fsp3) is 0.812. The summed E-state index contributed by atoms with van der Waals surface area (Å²) in [5.74, 6) is 0. The standard InChI is InChI=1S/C16H27N3S/c1-2-6-14-10-19(11-15-9-17-13-20-15)16(12-18-14)7-4-3-5-8-16/h9,13-14,18H,2-8,10-12H2,1H3. The summed E-state index contributed by atoms with van der Waals surface area (Å²) in [6.07, 6.45) is 11.6. The van der Waals surface area contributed by atoms with Crippen molar-refractivity contribution in [2.75, 3.05) is 13.1 Å². The lowest BCUT2D eigenvalue weighted by Gasteiger charge is -2.52. The first-order valence-corrected chi connectivity index (χ1v) is 9.06. The van der Waals surface area contributed by atoms with Crippen LogP contribution in [0.2, 0.25) is 0 Å². The van der Waals surface area contributed by atoms with Gasteiger partial charge >= 0.3 is 0 Å². The molecule has 0 amide bonds. The number of nitrogens with zero attached hydrogens (tertiary/aromatic N) is 2. The predicted octanol–water partition coefficient (Wildman–Crippen LogP) is 3.42. The average molecular weight is 293 g/mol. The molecule has 0 aromatic carbocycles. The van der Waals surface area contributed by atoms with Crippen LogP contribution in [0.1, 0.15) is 56.7 Å². The summed E-state index contributed by atoms with van der Waals surface area (Å²) in [7, 11) is 0. The second-order valence-electron chi connectivity index (χ2n) is 6.50. The predicted molar refractivity (Wildman–Crippen MR) is 85.0 cm³/mol. The van der Waals surface area contributed by atoms with Crippen molar-refractivity contribution in [2.24, 2.45) is 0 Å². The van der Waals surface area contributed by atoms with Crippen molar-refractivity contribution in [1.82, 2.24) is 15.2 Å². The Morgan fingerprint density at radius 1 is 1.40 bits per heavy atom. The summed E-state index contributed by atoms with van der Waals surface area (Å²) in [5, 5.41) is 3.84. The highest BCUT2D eigenvalue weighted by molar-refractivity contribution is 7.09. The first kappa shape index (κ1) is 14.5. The van der Waals surface area contributed by atoms with Crippen LogP contribution in [0, 0.1) is 0 Å². The molecular weight excluding hydrogens is 266 g/mol. The van der Waals surface area contributed by atoms with Crippen LogP contribution < -0.4 is 5.32 Å². The third-order valence-corrected chi connectivity index (χ3v) is 5.85. The maximum absolute atomic E-state index is 4.25. The molecule has 0 bridgehead atoms. The Kier molecular flexibility index (Phi) is 4.74. The number of nitrogens with one attached hydrogen (secondary N) is 1. The van der Waals surface area contributed by atoms with Gasteiger partial charge in [0.05, 0.1) is 5.51 Å². The van der Waals surface area contributed by atoms with Gasteiger partial charge in [-0.05, 0) is 19.3 Å². The largest absolute Gasteiger partial charge is 0.311 e. The Morgan fingerprint density at radius 3 is 2.95 bits per heavy atom. The number of hydrogen-bond donors (Lipinski definition) is 1. The van der Waals surface area contributed by atoms with Gasteiger partial charge in [0.2, 0.25) is 0 Å². The molecule has 3 rings (SSSR count). The quantitative estimate of drug-likeness (QED) is 0.922. The van der Waals surface area contributed by atoms with Crippen LogP contribution in [0.5, 0.6) is 0 Å². The molecule has 3 nitrogen and oxygen atoms in total. The maximum Gasteiger partial charge on any atom is 0.0794 e. The SMILES string of the molecule is CCCC1CN(Cc2cncs2)C2(CCCCC2)CN1. The molecule has 1 aromatic heterocycles. The molecule has 2 aliphatic rings. The van der Waals surface area contributed by atoms with E-state index < -0.39 is 0 Å². The highest BCUT2D eigenvalue weighted by atomic mass is 32.1. The van der Waals surface area contributed by atoms with E-state index in [4.69, 9.17) is 0 Å². The smallest absolute Gasteiger partial charge is 0.0794 e. The Morgan fingerprint density at radius 2 is 2.25 bits per heavy atom. The molecule has 4 heteroatoms. The fourth-order valence-corrected chi connectivity index (χ4v) is 4.56. The highest BCUT2D eigenvalue weighted by Gasteiger charge is 2.41. The van der Waals surface area contributed by atoms with Gasteiger partial charge in [0, 0.05) is 42.3 Å². The number of hydrogen-bond acceptors (Lipinski definition) is 4. The van der Waals surface area contributed by atoms with Crippen LogP contribution in [0.15, 0.2) is 11.7 Å². The zero-order valence-electron chi connectivity index (χ0n) is 12.6. The van der Waals surface area contributed by atoms with Crippen LogP contribution in [0.3, 0.4) is 0 Å². The molecule has 1 atom stereocenters. The minimum atomic E-state index is 0.423. The van der Waals surface area contributed by atoms with Gasteiger partial charge in [0.1, 0.15) is 0 Å². The van der Waals surface area contributed by atoms with E-state index >= 15 is 0 Å². The molecule has 2 heterocycles. The van der Waals surface area contributed by atoms with Crippen molar-refractivity contribution in [3.63, 3.8) is 0 Å². The van der Waals surface area contributed by atoms with Crippen molar-refractivity contribution >= 4 is 11.3 Å². The minimum Gasteiger partial charge on any atom is -0.311 e. The fourth-order valence-electron chi connectivity index (χ4n) is 3.96. The lowest BCUT2D eigenvalue weighted by Crippen LogP contribution is -2.64. The summed E-state index contributed by atoms with van der Waals surface area (Å²) in [6, 6.07) is 0.681. The Hall–Kier alpha value is -0.450. The van der Waals surface area contributed by atoms with Crippen molar-refractivity contribution in [3.05, 3.63) is 16.6 Å². The van der Waals surface area contributed by atoms with E-state index in [2.05, 4.69) is 28.3 Å². The van der Waals surface area contributed by atoms with Crippen molar-refractivity contribution in [1.29, 1.82) is 0 Å². The maximum atomic E-state index is 4.25. The first-order chi connectivity index (χ1) is 9.82. The van der Waals surface area contributed by atoms with Gasteiger partial charge in [0.15, 0.2) is 0 Å². The lowest BCUT2D eigenvalue weighted by atomic mass is 9.78. The number of piperazine rings is 1. The van der Waals surface area contributed by atoms with Gasteiger partial charge in [0.25, 0.3) is 0 Å². The average Bonchev–Trinajstić information content (AvgIpc) is 2.97. The molecule has 0 radical (unpaired) electrons. The first-order valence-electron chi connectivity index (χ1n) is 8.18. The summed E-state index contributed by atoms with van der Waals surface area (Å²) in [6.45, 7) is 5.80. The van der Waals surface area contributed by atoms with Crippen LogP contribution in [0.4, 0.5) is 0 Å². The second-order valence-corrected chi connectivity index (χ2v) is 7.47. The van der Waals surface area contributed by atoms with Gasteiger partial charge in [-0.15, -0.1) is 11.3 Å². The number of thiazole rings is 1. The zero-order valence-corrected chi connectivity index (χ0v) is 13.4. The van der Waals surface area contributed by atoms with Crippen LogP contribution in [-0.2, 0) is 6.54 Å². The van der Waals surface area contributed by atoms with E-state index in [0.29, 0.717) is 11.6 Å². The molecular formula is C16H27N3S.